The molecule has 1 aromatic carbocycles. The maximum Gasteiger partial charge on any atom is 0.165 e. The molecule has 106 valence electrons. The summed E-state index contributed by atoms with van der Waals surface area (Å²) in [6, 6.07) is 4.80. The van der Waals surface area contributed by atoms with Gasteiger partial charge in [-0.05, 0) is 49.8 Å². The van der Waals surface area contributed by atoms with Crippen LogP contribution >= 0.6 is 0 Å². The van der Waals surface area contributed by atoms with E-state index in [2.05, 4.69) is 0 Å². The van der Waals surface area contributed by atoms with E-state index in [-0.39, 0.29) is 17.7 Å². The highest BCUT2D eigenvalue weighted by atomic mass is 19.1. The van der Waals surface area contributed by atoms with Crippen LogP contribution in [0.4, 0.5) is 4.39 Å². The second kappa shape index (κ2) is 6.87. The van der Waals surface area contributed by atoms with Crippen molar-refractivity contribution in [3.8, 4) is 5.75 Å². The molecule has 1 fully saturated rings. The van der Waals surface area contributed by atoms with Crippen LogP contribution in [0.15, 0.2) is 18.2 Å². The zero-order chi connectivity index (χ0) is 13.7. The molecule has 1 aromatic rings. The fraction of sp³-hybridized carbons (Fsp3) is 0.600. The first-order chi connectivity index (χ1) is 9.19. The van der Waals surface area contributed by atoms with Crippen molar-refractivity contribution in [1.29, 1.82) is 0 Å². The van der Waals surface area contributed by atoms with Gasteiger partial charge in [-0.25, -0.2) is 4.39 Å². The Hall–Kier alpha value is -1.13. The number of rotatable bonds is 5. The van der Waals surface area contributed by atoms with Gasteiger partial charge >= 0.3 is 0 Å². The maximum absolute atomic E-state index is 13.5. The number of aliphatic hydroxyl groups is 1. The molecule has 0 spiro atoms. The molecule has 0 aromatic heterocycles. The predicted octanol–water partition coefficient (Wildman–Crippen LogP) is 2.70. The van der Waals surface area contributed by atoms with Gasteiger partial charge in [-0.3, -0.25) is 0 Å². The number of hydrogen-bond donors (Lipinski definition) is 1. The van der Waals surface area contributed by atoms with Crippen molar-refractivity contribution in [1.82, 2.24) is 0 Å². The van der Waals surface area contributed by atoms with Crippen LogP contribution in [0, 0.1) is 5.82 Å². The molecule has 19 heavy (non-hydrogen) atoms. The quantitative estimate of drug-likeness (QED) is 0.892. The van der Waals surface area contributed by atoms with Gasteiger partial charge in [0.1, 0.15) is 0 Å². The van der Waals surface area contributed by atoms with E-state index in [0.29, 0.717) is 12.8 Å². The average molecular weight is 268 g/mol. The van der Waals surface area contributed by atoms with Crippen LogP contribution in [0.5, 0.6) is 5.75 Å². The number of methoxy groups -OCH3 is 1. The maximum atomic E-state index is 13.5. The second-order valence-electron chi connectivity index (χ2n) is 5.05. The number of benzene rings is 1. The minimum atomic E-state index is -0.490. The second-order valence-corrected chi connectivity index (χ2v) is 5.05. The van der Waals surface area contributed by atoms with Gasteiger partial charge in [-0.1, -0.05) is 6.07 Å². The van der Waals surface area contributed by atoms with Crippen molar-refractivity contribution in [3.05, 3.63) is 29.6 Å². The van der Waals surface area contributed by atoms with E-state index in [1.54, 1.807) is 12.1 Å². The summed E-state index contributed by atoms with van der Waals surface area (Å²) in [7, 11) is 1.44. The number of hydrogen-bond acceptors (Lipinski definition) is 3. The SMILES string of the molecule is COc1ccc(CC(O)CC2CCCCO2)cc1F. The normalized spacial score (nSPS) is 21.1. The van der Waals surface area contributed by atoms with Crippen LogP contribution in [0.2, 0.25) is 0 Å². The third kappa shape index (κ3) is 4.18. The van der Waals surface area contributed by atoms with E-state index in [0.717, 1.165) is 31.4 Å². The highest BCUT2D eigenvalue weighted by Crippen LogP contribution is 2.21. The van der Waals surface area contributed by atoms with E-state index < -0.39 is 6.10 Å². The average Bonchev–Trinajstić information content (AvgIpc) is 2.40. The Bertz CT molecular complexity index is 402. The summed E-state index contributed by atoms with van der Waals surface area (Å²) in [5.74, 6) is -0.157. The zero-order valence-corrected chi connectivity index (χ0v) is 11.3. The van der Waals surface area contributed by atoms with Gasteiger partial charge in [-0.2, -0.15) is 0 Å². The Labute approximate surface area is 113 Å². The summed E-state index contributed by atoms with van der Waals surface area (Å²) in [5, 5.41) is 10.0. The van der Waals surface area contributed by atoms with Crippen LogP contribution in [0.3, 0.4) is 0 Å². The lowest BCUT2D eigenvalue weighted by Gasteiger charge is -2.24. The van der Waals surface area contributed by atoms with Gasteiger partial charge in [0.15, 0.2) is 11.6 Å². The number of halogens is 1. The smallest absolute Gasteiger partial charge is 0.165 e. The van der Waals surface area contributed by atoms with Crippen molar-refractivity contribution in [3.63, 3.8) is 0 Å². The van der Waals surface area contributed by atoms with Gasteiger partial charge in [0, 0.05) is 6.61 Å². The van der Waals surface area contributed by atoms with E-state index in [1.165, 1.54) is 13.2 Å². The zero-order valence-electron chi connectivity index (χ0n) is 11.3. The molecule has 2 unspecified atom stereocenters. The van der Waals surface area contributed by atoms with Crippen molar-refractivity contribution >= 4 is 0 Å². The monoisotopic (exact) mass is 268 g/mol. The van der Waals surface area contributed by atoms with Gasteiger partial charge < -0.3 is 14.6 Å². The molecule has 3 nitrogen and oxygen atoms in total. The topological polar surface area (TPSA) is 38.7 Å². The molecule has 1 N–H and O–H groups in total. The molecular weight excluding hydrogens is 247 g/mol. The third-order valence-electron chi connectivity index (χ3n) is 3.50. The lowest BCUT2D eigenvalue weighted by Crippen LogP contribution is -2.25. The Balaban J connectivity index is 1.87. The van der Waals surface area contributed by atoms with Gasteiger partial charge in [0.25, 0.3) is 0 Å². The summed E-state index contributed by atoms with van der Waals surface area (Å²) < 4.78 is 24.0. The summed E-state index contributed by atoms with van der Waals surface area (Å²) in [6.45, 7) is 0.786. The summed E-state index contributed by atoms with van der Waals surface area (Å²) in [6.07, 6.45) is 4.00. The molecule has 0 bridgehead atoms. The van der Waals surface area contributed by atoms with Crippen LogP contribution < -0.4 is 4.74 Å². The fourth-order valence-corrected chi connectivity index (χ4v) is 2.49. The van der Waals surface area contributed by atoms with Crippen molar-refractivity contribution in [2.45, 2.75) is 44.3 Å². The standard InChI is InChI=1S/C15H21FO3/c1-18-15-6-5-11(9-14(15)16)8-12(17)10-13-4-2-3-7-19-13/h5-6,9,12-13,17H,2-4,7-8,10H2,1H3. The molecule has 0 saturated carbocycles. The Morgan fingerprint density at radius 2 is 2.32 bits per heavy atom. The highest BCUT2D eigenvalue weighted by molar-refractivity contribution is 5.29. The van der Waals surface area contributed by atoms with Crippen LogP contribution in [-0.2, 0) is 11.2 Å². The molecule has 0 aliphatic carbocycles. The summed E-state index contributed by atoms with van der Waals surface area (Å²) in [4.78, 5) is 0. The van der Waals surface area contributed by atoms with Crippen molar-refractivity contribution < 1.29 is 19.0 Å². The number of aliphatic hydroxyl groups excluding tert-OH is 1. The highest BCUT2D eigenvalue weighted by Gasteiger charge is 2.18. The van der Waals surface area contributed by atoms with E-state index in [4.69, 9.17) is 9.47 Å². The van der Waals surface area contributed by atoms with Crippen LogP contribution in [0.1, 0.15) is 31.2 Å². The van der Waals surface area contributed by atoms with Gasteiger partial charge in [0.05, 0.1) is 19.3 Å². The van der Waals surface area contributed by atoms with Gasteiger partial charge in [-0.15, -0.1) is 0 Å². The van der Waals surface area contributed by atoms with E-state index >= 15 is 0 Å². The van der Waals surface area contributed by atoms with Crippen molar-refractivity contribution in [2.24, 2.45) is 0 Å². The Kier molecular flexibility index (Phi) is 5.16. The third-order valence-corrected chi connectivity index (χ3v) is 3.50. The molecule has 2 atom stereocenters. The fourth-order valence-electron chi connectivity index (χ4n) is 2.49. The molecule has 1 saturated heterocycles. The molecule has 1 aliphatic heterocycles. The molecule has 4 heteroatoms. The van der Waals surface area contributed by atoms with Crippen molar-refractivity contribution in [2.75, 3.05) is 13.7 Å². The summed E-state index contributed by atoms with van der Waals surface area (Å²) >= 11 is 0. The lowest BCUT2D eigenvalue weighted by molar-refractivity contribution is -0.0147. The first-order valence-electron chi connectivity index (χ1n) is 6.81. The lowest BCUT2D eigenvalue weighted by atomic mass is 9.99. The van der Waals surface area contributed by atoms with E-state index in [9.17, 15) is 9.50 Å². The molecule has 2 rings (SSSR count). The molecule has 0 radical (unpaired) electrons. The molecule has 0 amide bonds. The first-order valence-corrected chi connectivity index (χ1v) is 6.81. The predicted molar refractivity (Wildman–Crippen MR) is 70.9 cm³/mol. The van der Waals surface area contributed by atoms with Gasteiger partial charge in [0.2, 0.25) is 0 Å². The first kappa shape index (κ1) is 14.3. The molecular formula is C15H21FO3. The molecule has 1 aliphatic rings. The van der Waals surface area contributed by atoms with E-state index in [1.807, 2.05) is 0 Å². The van der Waals surface area contributed by atoms with Crippen LogP contribution in [-0.4, -0.2) is 31.0 Å². The number of ether oxygens (including phenoxy) is 2. The summed E-state index contributed by atoms with van der Waals surface area (Å²) in [5.41, 5.74) is 0.779. The minimum Gasteiger partial charge on any atom is -0.494 e. The minimum absolute atomic E-state index is 0.145. The molecule has 1 heterocycles. The Morgan fingerprint density at radius 1 is 1.47 bits per heavy atom. The Morgan fingerprint density at radius 3 is 2.95 bits per heavy atom. The largest absolute Gasteiger partial charge is 0.494 e. The van der Waals surface area contributed by atoms with Crippen LogP contribution in [0.25, 0.3) is 0 Å².